The fourth-order valence-corrected chi connectivity index (χ4v) is 0.784. The van der Waals surface area contributed by atoms with Gasteiger partial charge in [-0.3, -0.25) is 0 Å². The van der Waals surface area contributed by atoms with Crippen LogP contribution in [0.5, 0.6) is 0 Å². The van der Waals surface area contributed by atoms with E-state index in [1.165, 1.54) is 0 Å². The zero-order chi connectivity index (χ0) is 6.53. The first-order valence-electron chi connectivity index (χ1n) is 3.15. The van der Waals surface area contributed by atoms with E-state index in [0.717, 1.165) is 6.54 Å². The van der Waals surface area contributed by atoms with Crippen LogP contribution >= 0.6 is 0 Å². The highest BCUT2D eigenvalue weighted by Gasteiger charge is 1.90. The summed E-state index contributed by atoms with van der Waals surface area (Å²) in [5.74, 6) is 0. The molecule has 1 heterocycles. The number of hydrogen-bond acceptors (Lipinski definition) is 1. The number of rotatable bonds is 1. The van der Waals surface area contributed by atoms with Gasteiger partial charge in [0.05, 0.1) is 0 Å². The Bertz CT molecular complexity index is 154. The van der Waals surface area contributed by atoms with E-state index in [9.17, 15) is 0 Å². The summed E-state index contributed by atoms with van der Waals surface area (Å²) in [6.07, 6.45) is 12.4. The first kappa shape index (κ1) is 6.14. The standard InChI is InChI=1S/C8H11N/c1-2-6-9-7-4-3-5-8-9/h2-7H,8H2,1H3/b6-2+. The van der Waals surface area contributed by atoms with Crippen LogP contribution in [0.4, 0.5) is 0 Å². The van der Waals surface area contributed by atoms with Crippen LogP contribution in [0, 0.1) is 0 Å². The SMILES string of the molecule is C/C=C/N1C=CC=CC1. The largest absolute Gasteiger partial charge is 0.351 e. The van der Waals surface area contributed by atoms with Gasteiger partial charge in [-0.05, 0) is 19.2 Å². The maximum atomic E-state index is 2.12. The minimum Gasteiger partial charge on any atom is -0.351 e. The second-order valence-electron chi connectivity index (χ2n) is 1.95. The Labute approximate surface area is 56.0 Å². The molecule has 48 valence electrons. The summed E-state index contributed by atoms with van der Waals surface area (Å²) < 4.78 is 0. The number of nitrogens with zero attached hydrogens (tertiary/aromatic N) is 1. The molecule has 0 fully saturated rings. The zero-order valence-corrected chi connectivity index (χ0v) is 5.62. The maximum Gasteiger partial charge on any atom is 0.0403 e. The lowest BCUT2D eigenvalue weighted by atomic mass is 10.4. The molecular formula is C8H11N. The van der Waals surface area contributed by atoms with Gasteiger partial charge in [0.25, 0.3) is 0 Å². The van der Waals surface area contributed by atoms with Crippen LogP contribution in [0.1, 0.15) is 6.92 Å². The lowest BCUT2D eigenvalue weighted by molar-refractivity contribution is 0.559. The molecule has 1 nitrogen and oxygen atoms in total. The fraction of sp³-hybridized carbons (Fsp3) is 0.250. The van der Waals surface area contributed by atoms with Gasteiger partial charge >= 0.3 is 0 Å². The molecule has 0 aliphatic carbocycles. The predicted molar refractivity (Wildman–Crippen MR) is 39.8 cm³/mol. The lowest BCUT2D eigenvalue weighted by Gasteiger charge is -2.13. The highest BCUT2D eigenvalue weighted by molar-refractivity contribution is 5.10. The lowest BCUT2D eigenvalue weighted by Crippen LogP contribution is -2.10. The molecule has 1 aliphatic rings. The van der Waals surface area contributed by atoms with Gasteiger partial charge in [0.15, 0.2) is 0 Å². The molecule has 1 rings (SSSR count). The Morgan fingerprint density at radius 2 is 2.33 bits per heavy atom. The van der Waals surface area contributed by atoms with Crippen LogP contribution in [-0.2, 0) is 0 Å². The first-order valence-corrected chi connectivity index (χ1v) is 3.15. The molecule has 0 unspecified atom stereocenters. The van der Waals surface area contributed by atoms with Crippen molar-refractivity contribution in [1.82, 2.24) is 4.90 Å². The summed E-state index contributed by atoms with van der Waals surface area (Å²) in [6.45, 7) is 3.02. The van der Waals surface area contributed by atoms with Crippen molar-refractivity contribution >= 4 is 0 Å². The summed E-state index contributed by atoms with van der Waals surface area (Å²) in [7, 11) is 0. The van der Waals surface area contributed by atoms with E-state index in [1.54, 1.807) is 0 Å². The van der Waals surface area contributed by atoms with Gasteiger partial charge in [-0.25, -0.2) is 0 Å². The van der Waals surface area contributed by atoms with Gasteiger partial charge in [-0.2, -0.15) is 0 Å². The summed E-state index contributed by atoms with van der Waals surface area (Å²) in [5.41, 5.74) is 0. The number of allylic oxidation sites excluding steroid dienone is 3. The molecule has 0 saturated carbocycles. The summed E-state index contributed by atoms with van der Waals surface area (Å²) >= 11 is 0. The third kappa shape index (κ3) is 1.76. The molecule has 0 amide bonds. The molecule has 0 radical (unpaired) electrons. The fourth-order valence-electron chi connectivity index (χ4n) is 0.784. The third-order valence-electron chi connectivity index (χ3n) is 1.18. The molecule has 0 N–H and O–H groups in total. The van der Waals surface area contributed by atoms with E-state index in [4.69, 9.17) is 0 Å². The average molecular weight is 121 g/mol. The second kappa shape index (κ2) is 3.13. The van der Waals surface area contributed by atoms with Crippen molar-refractivity contribution in [2.45, 2.75) is 6.92 Å². The van der Waals surface area contributed by atoms with E-state index >= 15 is 0 Å². The van der Waals surface area contributed by atoms with Crippen molar-refractivity contribution in [1.29, 1.82) is 0 Å². The van der Waals surface area contributed by atoms with Crippen LogP contribution in [-0.4, -0.2) is 11.4 Å². The van der Waals surface area contributed by atoms with Crippen molar-refractivity contribution in [3.63, 3.8) is 0 Å². The second-order valence-corrected chi connectivity index (χ2v) is 1.95. The Morgan fingerprint density at radius 1 is 1.44 bits per heavy atom. The third-order valence-corrected chi connectivity index (χ3v) is 1.18. The molecule has 0 saturated heterocycles. The van der Waals surface area contributed by atoms with Gasteiger partial charge in [-0.1, -0.05) is 18.2 Å². The summed E-state index contributed by atoms with van der Waals surface area (Å²) in [6, 6.07) is 0. The molecule has 1 heteroatoms. The Kier molecular flexibility index (Phi) is 2.13. The van der Waals surface area contributed by atoms with Crippen LogP contribution < -0.4 is 0 Å². The van der Waals surface area contributed by atoms with Gasteiger partial charge in [-0.15, -0.1) is 0 Å². The van der Waals surface area contributed by atoms with Crippen LogP contribution in [0.3, 0.4) is 0 Å². The maximum absolute atomic E-state index is 2.12. The highest BCUT2D eigenvalue weighted by Crippen LogP contribution is 1.97. The Hall–Kier alpha value is -0.980. The van der Waals surface area contributed by atoms with Crippen LogP contribution in [0.2, 0.25) is 0 Å². The van der Waals surface area contributed by atoms with Gasteiger partial charge in [0, 0.05) is 12.7 Å². The molecule has 0 aromatic carbocycles. The van der Waals surface area contributed by atoms with E-state index in [1.807, 2.05) is 19.1 Å². The van der Waals surface area contributed by atoms with E-state index in [0.29, 0.717) is 0 Å². The Balaban J connectivity index is 2.46. The molecule has 9 heavy (non-hydrogen) atoms. The van der Waals surface area contributed by atoms with Crippen molar-refractivity contribution in [2.75, 3.05) is 6.54 Å². The Morgan fingerprint density at radius 3 is 2.89 bits per heavy atom. The zero-order valence-electron chi connectivity index (χ0n) is 5.62. The van der Waals surface area contributed by atoms with E-state index in [2.05, 4.69) is 29.5 Å². The molecule has 0 spiro atoms. The minimum absolute atomic E-state index is 1.00. The smallest absolute Gasteiger partial charge is 0.0403 e. The van der Waals surface area contributed by atoms with Gasteiger partial charge in [0.1, 0.15) is 0 Å². The molecule has 0 bridgehead atoms. The quantitative estimate of drug-likeness (QED) is 0.512. The topological polar surface area (TPSA) is 3.24 Å². The van der Waals surface area contributed by atoms with Crippen LogP contribution in [0.25, 0.3) is 0 Å². The average Bonchev–Trinajstić information content (AvgIpc) is 1.91. The molecule has 0 atom stereocenters. The predicted octanol–water partition coefficient (Wildman–Crippen LogP) is 1.91. The number of hydrogen-bond donors (Lipinski definition) is 0. The molecular weight excluding hydrogens is 110 g/mol. The van der Waals surface area contributed by atoms with Crippen molar-refractivity contribution in [3.8, 4) is 0 Å². The van der Waals surface area contributed by atoms with E-state index in [-0.39, 0.29) is 0 Å². The summed E-state index contributed by atoms with van der Waals surface area (Å²) in [5, 5.41) is 0. The van der Waals surface area contributed by atoms with E-state index < -0.39 is 0 Å². The molecule has 1 aliphatic heterocycles. The molecule has 0 aromatic heterocycles. The summed E-state index contributed by atoms with van der Waals surface area (Å²) in [4.78, 5) is 2.12. The van der Waals surface area contributed by atoms with Crippen molar-refractivity contribution in [3.05, 3.63) is 36.7 Å². The first-order chi connectivity index (χ1) is 4.43. The van der Waals surface area contributed by atoms with Crippen molar-refractivity contribution in [2.24, 2.45) is 0 Å². The van der Waals surface area contributed by atoms with Gasteiger partial charge in [0.2, 0.25) is 0 Å². The highest BCUT2D eigenvalue weighted by atomic mass is 15.1. The van der Waals surface area contributed by atoms with Gasteiger partial charge < -0.3 is 4.90 Å². The monoisotopic (exact) mass is 121 g/mol. The minimum atomic E-state index is 1.00. The normalized spacial score (nSPS) is 17.7. The van der Waals surface area contributed by atoms with Crippen LogP contribution in [0.15, 0.2) is 36.7 Å². The van der Waals surface area contributed by atoms with Crippen molar-refractivity contribution < 1.29 is 0 Å². The molecule has 0 aromatic rings.